The third kappa shape index (κ3) is 1.97. The van der Waals surface area contributed by atoms with Gasteiger partial charge in [0, 0.05) is 6.92 Å². The number of rotatable bonds is 1. The average molecular weight is 218 g/mol. The number of hydrogen-bond donors (Lipinski definition) is 0. The summed E-state index contributed by atoms with van der Waals surface area (Å²) < 4.78 is 5.41. The molecule has 0 heterocycles. The molecule has 0 aromatic heterocycles. The number of esters is 1. The Labute approximate surface area is 96.6 Å². The topological polar surface area (TPSA) is 26.3 Å². The van der Waals surface area contributed by atoms with Gasteiger partial charge in [-0.1, -0.05) is 12.1 Å². The molecule has 1 aromatic carbocycles. The first-order chi connectivity index (χ1) is 7.59. The van der Waals surface area contributed by atoms with Crippen molar-refractivity contribution < 1.29 is 9.53 Å². The molecule has 0 amide bonds. The van der Waals surface area contributed by atoms with E-state index < -0.39 is 0 Å². The number of carbonyl (C=O) groups is 1. The highest BCUT2D eigenvalue weighted by Crippen LogP contribution is 2.36. The number of aryl methyl sites for hydroxylation is 2. The van der Waals surface area contributed by atoms with Gasteiger partial charge in [-0.15, -0.1) is 0 Å². The lowest BCUT2D eigenvalue weighted by Crippen LogP contribution is -2.17. The Kier molecular flexibility index (Phi) is 2.99. The second-order valence-corrected chi connectivity index (χ2v) is 4.58. The fourth-order valence-corrected chi connectivity index (χ4v) is 2.60. The smallest absolute Gasteiger partial charge is 0.303 e. The van der Waals surface area contributed by atoms with Crippen molar-refractivity contribution in [3.05, 3.63) is 34.4 Å². The monoisotopic (exact) mass is 218 g/mol. The lowest BCUT2D eigenvalue weighted by molar-refractivity contribution is -0.147. The Bertz CT molecular complexity index is 421. The Balaban J connectivity index is 2.44. The average Bonchev–Trinajstić information content (AvgIpc) is 2.23. The molecule has 2 heteroatoms. The van der Waals surface area contributed by atoms with Crippen LogP contribution in [0.4, 0.5) is 0 Å². The number of benzene rings is 1. The van der Waals surface area contributed by atoms with Crippen LogP contribution >= 0.6 is 0 Å². The highest BCUT2D eigenvalue weighted by atomic mass is 16.5. The van der Waals surface area contributed by atoms with Gasteiger partial charge in [-0.25, -0.2) is 0 Å². The van der Waals surface area contributed by atoms with E-state index in [-0.39, 0.29) is 12.1 Å². The highest BCUT2D eigenvalue weighted by molar-refractivity contribution is 5.66. The van der Waals surface area contributed by atoms with Crippen LogP contribution in [0.1, 0.15) is 48.1 Å². The van der Waals surface area contributed by atoms with Crippen molar-refractivity contribution in [3.63, 3.8) is 0 Å². The van der Waals surface area contributed by atoms with E-state index in [1.54, 1.807) is 0 Å². The van der Waals surface area contributed by atoms with Crippen LogP contribution in [0.15, 0.2) is 12.1 Å². The van der Waals surface area contributed by atoms with Gasteiger partial charge < -0.3 is 4.74 Å². The zero-order chi connectivity index (χ0) is 11.7. The maximum Gasteiger partial charge on any atom is 0.303 e. The van der Waals surface area contributed by atoms with E-state index in [4.69, 9.17) is 4.74 Å². The van der Waals surface area contributed by atoms with Crippen LogP contribution in [0.5, 0.6) is 0 Å². The van der Waals surface area contributed by atoms with Crippen LogP contribution in [0, 0.1) is 13.8 Å². The van der Waals surface area contributed by atoms with E-state index in [1.165, 1.54) is 29.2 Å². The summed E-state index contributed by atoms with van der Waals surface area (Å²) in [5, 5.41) is 0. The van der Waals surface area contributed by atoms with Crippen LogP contribution in [0.2, 0.25) is 0 Å². The molecule has 2 nitrogen and oxygen atoms in total. The Hall–Kier alpha value is -1.31. The predicted octanol–water partition coefficient (Wildman–Crippen LogP) is 3.24. The van der Waals surface area contributed by atoms with Crippen LogP contribution < -0.4 is 0 Å². The zero-order valence-electron chi connectivity index (χ0n) is 10.2. The van der Waals surface area contributed by atoms with Crippen molar-refractivity contribution in [3.8, 4) is 0 Å². The quantitative estimate of drug-likeness (QED) is 0.676. The minimum absolute atomic E-state index is 0.0267. The maximum atomic E-state index is 11.1. The van der Waals surface area contributed by atoms with Gasteiger partial charge in [0.05, 0.1) is 0 Å². The van der Waals surface area contributed by atoms with E-state index in [0.29, 0.717) is 0 Å². The molecule has 0 N–H and O–H groups in total. The molecule has 1 aliphatic rings. The standard InChI is InChI=1S/C14H18O2/c1-9-7-8-10(2)14-12(9)5-4-6-13(14)16-11(3)15/h7-8,13H,4-6H2,1-3H3. The number of hydrogen-bond acceptors (Lipinski definition) is 2. The van der Waals surface area contributed by atoms with Gasteiger partial charge in [0.25, 0.3) is 0 Å². The van der Waals surface area contributed by atoms with Gasteiger partial charge in [-0.2, -0.15) is 0 Å². The molecule has 2 rings (SSSR count). The van der Waals surface area contributed by atoms with Crippen molar-refractivity contribution in [2.75, 3.05) is 0 Å². The first kappa shape index (κ1) is 11.2. The summed E-state index contributed by atoms with van der Waals surface area (Å²) in [4.78, 5) is 11.1. The second kappa shape index (κ2) is 4.28. The Morgan fingerprint density at radius 1 is 1.31 bits per heavy atom. The summed E-state index contributed by atoms with van der Waals surface area (Å²) in [5.74, 6) is -0.182. The molecule has 0 aliphatic heterocycles. The van der Waals surface area contributed by atoms with E-state index in [2.05, 4.69) is 26.0 Å². The van der Waals surface area contributed by atoms with Crippen molar-refractivity contribution in [1.82, 2.24) is 0 Å². The Morgan fingerprint density at radius 3 is 2.69 bits per heavy atom. The summed E-state index contributed by atoms with van der Waals surface area (Å²) in [6.45, 7) is 5.72. The van der Waals surface area contributed by atoms with Gasteiger partial charge in [-0.3, -0.25) is 4.79 Å². The van der Waals surface area contributed by atoms with E-state index in [1.807, 2.05) is 0 Å². The number of ether oxygens (including phenoxy) is 1. The molecule has 1 aliphatic carbocycles. The van der Waals surface area contributed by atoms with Gasteiger partial charge in [-0.05, 0) is 55.4 Å². The molecule has 1 atom stereocenters. The van der Waals surface area contributed by atoms with Gasteiger partial charge in [0.2, 0.25) is 0 Å². The summed E-state index contributed by atoms with van der Waals surface area (Å²) in [5.41, 5.74) is 5.20. The molecule has 0 fully saturated rings. The highest BCUT2D eigenvalue weighted by Gasteiger charge is 2.25. The van der Waals surface area contributed by atoms with Crippen molar-refractivity contribution in [2.45, 2.75) is 46.1 Å². The summed E-state index contributed by atoms with van der Waals surface area (Å²) in [6.07, 6.45) is 3.15. The summed E-state index contributed by atoms with van der Waals surface area (Å²) in [6, 6.07) is 4.28. The molecule has 0 bridgehead atoms. The van der Waals surface area contributed by atoms with E-state index in [0.717, 1.165) is 19.3 Å². The molecule has 0 saturated carbocycles. The summed E-state index contributed by atoms with van der Waals surface area (Å²) >= 11 is 0. The second-order valence-electron chi connectivity index (χ2n) is 4.58. The molecule has 0 spiro atoms. The van der Waals surface area contributed by atoms with Crippen molar-refractivity contribution in [1.29, 1.82) is 0 Å². The Morgan fingerprint density at radius 2 is 2.00 bits per heavy atom. The third-order valence-corrected chi connectivity index (χ3v) is 3.33. The first-order valence-corrected chi connectivity index (χ1v) is 5.86. The van der Waals surface area contributed by atoms with Gasteiger partial charge in [0.15, 0.2) is 0 Å². The lowest BCUT2D eigenvalue weighted by Gasteiger charge is -2.28. The molecular weight excluding hydrogens is 200 g/mol. The largest absolute Gasteiger partial charge is 0.458 e. The molecule has 86 valence electrons. The number of carbonyl (C=O) groups excluding carboxylic acids is 1. The molecule has 0 radical (unpaired) electrons. The third-order valence-electron chi connectivity index (χ3n) is 3.33. The maximum absolute atomic E-state index is 11.1. The van der Waals surface area contributed by atoms with Gasteiger partial charge in [0.1, 0.15) is 6.10 Å². The number of fused-ring (bicyclic) bond motifs is 1. The minimum Gasteiger partial charge on any atom is -0.458 e. The minimum atomic E-state index is -0.182. The molecule has 1 unspecified atom stereocenters. The molecule has 0 saturated heterocycles. The van der Waals surface area contributed by atoms with Crippen molar-refractivity contribution >= 4 is 5.97 Å². The lowest BCUT2D eigenvalue weighted by atomic mass is 9.84. The van der Waals surface area contributed by atoms with Crippen molar-refractivity contribution in [2.24, 2.45) is 0 Å². The van der Waals surface area contributed by atoms with Crippen LogP contribution in [0.3, 0.4) is 0 Å². The fraction of sp³-hybridized carbons (Fsp3) is 0.500. The first-order valence-electron chi connectivity index (χ1n) is 5.86. The predicted molar refractivity (Wildman–Crippen MR) is 63.4 cm³/mol. The SMILES string of the molecule is CC(=O)OC1CCCc2c(C)ccc(C)c21. The molecule has 16 heavy (non-hydrogen) atoms. The van der Waals surface area contributed by atoms with Gasteiger partial charge >= 0.3 is 5.97 Å². The van der Waals surface area contributed by atoms with Crippen LogP contribution in [-0.2, 0) is 16.0 Å². The van der Waals surface area contributed by atoms with Crippen LogP contribution in [-0.4, -0.2) is 5.97 Å². The zero-order valence-corrected chi connectivity index (χ0v) is 10.2. The summed E-state index contributed by atoms with van der Waals surface area (Å²) in [7, 11) is 0. The normalized spacial score (nSPS) is 19.1. The van der Waals surface area contributed by atoms with Crippen LogP contribution in [0.25, 0.3) is 0 Å². The van der Waals surface area contributed by atoms with E-state index in [9.17, 15) is 4.79 Å². The molecular formula is C14H18O2. The van der Waals surface area contributed by atoms with E-state index >= 15 is 0 Å². The molecule has 1 aromatic rings. The fourth-order valence-electron chi connectivity index (χ4n) is 2.60.